The van der Waals surface area contributed by atoms with Crippen LogP contribution in [0.3, 0.4) is 0 Å². The third-order valence-electron chi connectivity index (χ3n) is 2.27. The third-order valence-corrected chi connectivity index (χ3v) is 2.27. The maximum Gasteiger partial charge on any atom is 0.409 e. The van der Waals surface area contributed by atoms with Crippen molar-refractivity contribution < 1.29 is 36.3 Å². The summed E-state index contributed by atoms with van der Waals surface area (Å²) in [4.78, 5) is 11.8. The zero-order chi connectivity index (χ0) is 16.3. The van der Waals surface area contributed by atoms with Gasteiger partial charge >= 0.3 is 12.4 Å². The number of nitrogens with two attached hydrogens (primary N) is 1. The second kappa shape index (κ2) is 6.18. The molecule has 3 N–H and O–H groups in total. The van der Waals surface area contributed by atoms with Crippen LogP contribution in [-0.2, 0) is 4.79 Å². The Morgan fingerprint density at radius 3 is 1.85 bits per heavy atom. The van der Waals surface area contributed by atoms with Crippen molar-refractivity contribution in [3.05, 3.63) is 0 Å². The van der Waals surface area contributed by atoms with Crippen molar-refractivity contribution >= 4 is 11.7 Å². The van der Waals surface area contributed by atoms with Gasteiger partial charge in [0.1, 0.15) is 0 Å². The first-order valence-electron chi connectivity index (χ1n) is 5.22. The molecular formula is C9H13F6N3O2. The summed E-state index contributed by atoms with van der Waals surface area (Å²) in [6.07, 6.45) is -11.6. The number of hydrogen-bond donors (Lipinski definition) is 2. The van der Waals surface area contributed by atoms with E-state index in [0.717, 1.165) is 0 Å². The fourth-order valence-electron chi connectivity index (χ4n) is 1.35. The molecule has 0 saturated heterocycles. The molecule has 0 aromatic heterocycles. The van der Waals surface area contributed by atoms with E-state index in [1.54, 1.807) is 0 Å². The molecule has 0 aromatic rings. The van der Waals surface area contributed by atoms with E-state index in [0.29, 0.717) is 0 Å². The SMILES string of the molecule is CC(C)N(CC(N)=NO)C(=O)C(C(F)(F)F)C(F)(F)F. The van der Waals surface area contributed by atoms with Crippen molar-refractivity contribution in [2.45, 2.75) is 32.2 Å². The summed E-state index contributed by atoms with van der Waals surface area (Å²) in [5.74, 6) is -7.04. The third kappa shape index (κ3) is 4.78. The minimum absolute atomic E-state index is 0.237. The lowest BCUT2D eigenvalue weighted by molar-refractivity contribution is -0.277. The van der Waals surface area contributed by atoms with Crippen LogP contribution >= 0.6 is 0 Å². The van der Waals surface area contributed by atoms with E-state index in [1.807, 2.05) is 0 Å². The molecule has 0 aliphatic heterocycles. The van der Waals surface area contributed by atoms with Crippen LogP contribution in [0.25, 0.3) is 0 Å². The van der Waals surface area contributed by atoms with Crippen LogP contribution in [0.5, 0.6) is 0 Å². The average molecular weight is 309 g/mol. The normalized spacial score (nSPS) is 14.0. The van der Waals surface area contributed by atoms with Crippen LogP contribution in [0.1, 0.15) is 13.8 Å². The monoisotopic (exact) mass is 309 g/mol. The highest BCUT2D eigenvalue weighted by molar-refractivity contribution is 5.88. The van der Waals surface area contributed by atoms with Gasteiger partial charge in [0.25, 0.3) is 0 Å². The lowest BCUT2D eigenvalue weighted by Crippen LogP contribution is -2.53. The number of rotatable bonds is 4. The number of carbonyl (C=O) groups excluding carboxylic acids is 1. The van der Waals surface area contributed by atoms with Gasteiger partial charge in [-0.3, -0.25) is 4.79 Å². The van der Waals surface area contributed by atoms with Crippen molar-refractivity contribution in [2.75, 3.05) is 6.54 Å². The Balaban J connectivity index is 5.50. The van der Waals surface area contributed by atoms with E-state index < -0.39 is 42.6 Å². The number of nitrogens with zero attached hydrogens (tertiary/aromatic N) is 2. The Morgan fingerprint density at radius 1 is 1.20 bits per heavy atom. The summed E-state index contributed by atoms with van der Waals surface area (Å²) >= 11 is 0. The molecule has 0 atom stereocenters. The molecule has 0 unspecified atom stereocenters. The maximum absolute atomic E-state index is 12.4. The molecule has 0 aliphatic carbocycles. The van der Waals surface area contributed by atoms with E-state index >= 15 is 0 Å². The van der Waals surface area contributed by atoms with Gasteiger partial charge in [-0.15, -0.1) is 0 Å². The van der Waals surface area contributed by atoms with E-state index in [4.69, 9.17) is 10.9 Å². The molecule has 0 heterocycles. The van der Waals surface area contributed by atoms with Crippen LogP contribution in [0.2, 0.25) is 0 Å². The molecule has 0 radical (unpaired) electrons. The van der Waals surface area contributed by atoms with E-state index in [-0.39, 0.29) is 4.90 Å². The molecule has 20 heavy (non-hydrogen) atoms. The molecule has 0 spiro atoms. The predicted octanol–water partition coefficient (Wildman–Crippen LogP) is 1.71. The van der Waals surface area contributed by atoms with Crippen LogP contribution < -0.4 is 5.73 Å². The molecule has 0 bridgehead atoms. The Bertz CT molecular complexity index is 363. The highest BCUT2D eigenvalue weighted by atomic mass is 19.4. The molecule has 0 rings (SSSR count). The number of alkyl halides is 6. The van der Waals surface area contributed by atoms with Gasteiger partial charge in [-0.05, 0) is 13.8 Å². The maximum atomic E-state index is 12.4. The van der Waals surface area contributed by atoms with Crippen LogP contribution in [0.15, 0.2) is 5.16 Å². The predicted molar refractivity (Wildman–Crippen MR) is 55.9 cm³/mol. The molecule has 11 heteroatoms. The summed E-state index contributed by atoms with van der Waals surface area (Å²) in [5, 5.41) is 10.7. The molecule has 118 valence electrons. The quantitative estimate of drug-likeness (QED) is 0.273. The highest BCUT2D eigenvalue weighted by Crippen LogP contribution is 2.40. The van der Waals surface area contributed by atoms with Crippen molar-refractivity contribution in [2.24, 2.45) is 16.8 Å². The summed E-state index contributed by atoms with van der Waals surface area (Å²) in [6.45, 7) is 1.55. The average Bonchev–Trinajstić information content (AvgIpc) is 2.20. The number of halogens is 6. The summed E-state index contributed by atoms with van der Waals surface area (Å²) in [7, 11) is 0. The van der Waals surface area contributed by atoms with Crippen LogP contribution in [0.4, 0.5) is 26.3 Å². The van der Waals surface area contributed by atoms with Crippen molar-refractivity contribution in [1.29, 1.82) is 0 Å². The Hall–Kier alpha value is -1.68. The Kier molecular flexibility index (Phi) is 5.66. The van der Waals surface area contributed by atoms with Crippen LogP contribution in [0, 0.1) is 5.92 Å². The van der Waals surface area contributed by atoms with Gasteiger partial charge in [0.15, 0.2) is 5.84 Å². The first-order valence-corrected chi connectivity index (χ1v) is 5.22. The lowest BCUT2D eigenvalue weighted by Gasteiger charge is -2.31. The van der Waals surface area contributed by atoms with Gasteiger partial charge in [-0.2, -0.15) is 26.3 Å². The number of oxime groups is 1. The highest BCUT2D eigenvalue weighted by Gasteiger charge is 2.62. The van der Waals surface area contributed by atoms with Gasteiger partial charge in [0.2, 0.25) is 11.8 Å². The standard InChI is InChI=1S/C9H13F6N3O2/c1-4(2)18(3-5(16)17-20)7(19)6(8(10,11)12)9(13,14)15/h4,6,20H,3H2,1-2H3,(H2,16,17). The van der Waals surface area contributed by atoms with Gasteiger partial charge < -0.3 is 15.8 Å². The Morgan fingerprint density at radius 2 is 1.60 bits per heavy atom. The summed E-state index contributed by atoms with van der Waals surface area (Å²) in [5.41, 5.74) is 5.01. The van der Waals surface area contributed by atoms with Crippen molar-refractivity contribution in [3.8, 4) is 0 Å². The van der Waals surface area contributed by atoms with E-state index in [1.165, 1.54) is 13.8 Å². The molecule has 0 aliphatic rings. The minimum Gasteiger partial charge on any atom is -0.409 e. The lowest BCUT2D eigenvalue weighted by atomic mass is 10.1. The molecular weight excluding hydrogens is 296 g/mol. The van der Waals surface area contributed by atoms with Gasteiger partial charge in [0, 0.05) is 6.04 Å². The minimum atomic E-state index is -5.78. The fourth-order valence-corrected chi connectivity index (χ4v) is 1.35. The van der Waals surface area contributed by atoms with Gasteiger partial charge in [0.05, 0.1) is 6.54 Å². The van der Waals surface area contributed by atoms with Crippen molar-refractivity contribution in [3.63, 3.8) is 0 Å². The number of carbonyl (C=O) groups is 1. The second-order valence-electron chi connectivity index (χ2n) is 4.17. The second-order valence-corrected chi connectivity index (χ2v) is 4.17. The number of hydrogen-bond acceptors (Lipinski definition) is 3. The zero-order valence-corrected chi connectivity index (χ0v) is 10.5. The first kappa shape index (κ1) is 18.3. The number of amides is 1. The molecule has 0 fully saturated rings. The Labute approximate surface area is 110 Å². The molecule has 1 amide bonds. The number of amidine groups is 1. The zero-order valence-electron chi connectivity index (χ0n) is 10.5. The van der Waals surface area contributed by atoms with Gasteiger partial charge in [-0.25, -0.2) is 0 Å². The molecule has 0 aromatic carbocycles. The summed E-state index contributed by atoms with van der Waals surface area (Å²) < 4.78 is 74.6. The molecule has 5 nitrogen and oxygen atoms in total. The van der Waals surface area contributed by atoms with Gasteiger partial charge in [-0.1, -0.05) is 5.16 Å². The topological polar surface area (TPSA) is 78.9 Å². The van der Waals surface area contributed by atoms with Crippen molar-refractivity contribution in [1.82, 2.24) is 4.90 Å². The smallest absolute Gasteiger partial charge is 0.409 e. The summed E-state index contributed by atoms with van der Waals surface area (Å²) in [6, 6.07) is -1.00. The first-order chi connectivity index (χ1) is 8.82. The fraction of sp³-hybridized carbons (Fsp3) is 0.778. The molecule has 0 saturated carbocycles. The van der Waals surface area contributed by atoms with E-state index in [9.17, 15) is 31.1 Å². The van der Waals surface area contributed by atoms with Crippen LogP contribution in [-0.4, -0.2) is 46.8 Å². The largest absolute Gasteiger partial charge is 0.409 e. The van der Waals surface area contributed by atoms with E-state index in [2.05, 4.69) is 5.16 Å².